The fourth-order valence-corrected chi connectivity index (χ4v) is 2.06. The molecular formula is C16H15N3O3. The zero-order valence-corrected chi connectivity index (χ0v) is 12.2. The van der Waals surface area contributed by atoms with Crippen molar-refractivity contribution in [2.75, 3.05) is 12.4 Å². The highest BCUT2D eigenvalue weighted by Crippen LogP contribution is 2.23. The molecule has 0 saturated heterocycles. The second-order valence-electron chi connectivity index (χ2n) is 4.75. The number of furan rings is 1. The molecule has 0 fully saturated rings. The Labute approximate surface area is 127 Å². The van der Waals surface area contributed by atoms with Crippen molar-refractivity contribution < 1.29 is 13.9 Å². The predicted octanol–water partition coefficient (Wildman–Crippen LogP) is 2.94. The quantitative estimate of drug-likeness (QED) is 0.804. The van der Waals surface area contributed by atoms with E-state index in [0.717, 1.165) is 5.56 Å². The van der Waals surface area contributed by atoms with E-state index in [-0.39, 0.29) is 11.7 Å². The third-order valence-corrected chi connectivity index (χ3v) is 3.15. The molecule has 22 heavy (non-hydrogen) atoms. The number of methoxy groups -OCH3 is 1. The lowest BCUT2D eigenvalue weighted by Crippen LogP contribution is -2.10. The molecule has 1 amide bonds. The van der Waals surface area contributed by atoms with Gasteiger partial charge in [-0.1, -0.05) is 6.07 Å². The number of ether oxygens (including phenoxy) is 1. The Hall–Kier alpha value is -3.02. The first kappa shape index (κ1) is 13.9. The van der Waals surface area contributed by atoms with Gasteiger partial charge in [0.2, 0.25) is 0 Å². The third-order valence-electron chi connectivity index (χ3n) is 3.15. The molecule has 3 rings (SSSR count). The van der Waals surface area contributed by atoms with Crippen LogP contribution >= 0.6 is 0 Å². The van der Waals surface area contributed by atoms with Gasteiger partial charge < -0.3 is 14.5 Å². The Morgan fingerprint density at radius 2 is 2.18 bits per heavy atom. The van der Waals surface area contributed by atoms with E-state index in [1.54, 1.807) is 48.3 Å². The lowest BCUT2D eigenvalue weighted by molar-refractivity contribution is 0.0997. The van der Waals surface area contributed by atoms with E-state index in [1.165, 1.54) is 0 Å². The first-order chi connectivity index (χ1) is 10.7. The van der Waals surface area contributed by atoms with Crippen molar-refractivity contribution >= 4 is 11.6 Å². The number of benzene rings is 1. The van der Waals surface area contributed by atoms with Crippen molar-refractivity contribution in [1.82, 2.24) is 9.78 Å². The van der Waals surface area contributed by atoms with Crippen LogP contribution in [-0.4, -0.2) is 22.8 Å². The average Bonchev–Trinajstić information content (AvgIpc) is 3.16. The highest BCUT2D eigenvalue weighted by Gasteiger charge is 2.13. The van der Waals surface area contributed by atoms with Crippen molar-refractivity contribution in [3.63, 3.8) is 0 Å². The lowest BCUT2D eigenvalue weighted by atomic mass is 10.3. The normalized spacial score (nSPS) is 10.5. The largest absolute Gasteiger partial charge is 0.497 e. The highest BCUT2D eigenvalue weighted by molar-refractivity contribution is 6.02. The summed E-state index contributed by atoms with van der Waals surface area (Å²) in [4.78, 5) is 12.2. The molecule has 2 aromatic heterocycles. The SMILES string of the molecule is COc1cccc(NC(=O)c2ccc(-c3cnn(C)c3)o2)c1. The maximum absolute atomic E-state index is 12.2. The van der Waals surface area contributed by atoms with E-state index in [9.17, 15) is 4.79 Å². The van der Waals surface area contributed by atoms with Crippen molar-refractivity contribution in [2.45, 2.75) is 0 Å². The van der Waals surface area contributed by atoms with Gasteiger partial charge in [-0.25, -0.2) is 0 Å². The van der Waals surface area contributed by atoms with Crippen LogP contribution in [0.1, 0.15) is 10.6 Å². The molecule has 1 aromatic carbocycles. The van der Waals surface area contributed by atoms with Crippen molar-refractivity contribution in [3.8, 4) is 17.1 Å². The van der Waals surface area contributed by atoms with E-state index >= 15 is 0 Å². The first-order valence-electron chi connectivity index (χ1n) is 6.70. The second-order valence-corrected chi connectivity index (χ2v) is 4.75. The number of aryl methyl sites for hydroxylation is 1. The van der Waals surface area contributed by atoms with Crippen LogP contribution in [0.5, 0.6) is 5.75 Å². The number of aromatic nitrogens is 2. The van der Waals surface area contributed by atoms with E-state index in [0.29, 0.717) is 17.2 Å². The van der Waals surface area contributed by atoms with Gasteiger partial charge in [-0.3, -0.25) is 9.48 Å². The summed E-state index contributed by atoms with van der Waals surface area (Å²) in [7, 11) is 3.40. The van der Waals surface area contributed by atoms with Gasteiger partial charge in [0, 0.05) is 25.0 Å². The van der Waals surface area contributed by atoms with Crippen LogP contribution in [0, 0.1) is 0 Å². The van der Waals surface area contributed by atoms with Crippen LogP contribution in [0.3, 0.4) is 0 Å². The Bertz CT molecular complexity index is 804. The maximum Gasteiger partial charge on any atom is 0.291 e. The summed E-state index contributed by atoms with van der Waals surface area (Å²) in [5.41, 5.74) is 1.46. The Kier molecular flexibility index (Phi) is 3.65. The number of nitrogens with zero attached hydrogens (tertiary/aromatic N) is 2. The number of hydrogen-bond donors (Lipinski definition) is 1. The molecule has 2 heterocycles. The number of rotatable bonds is 4. The highest BCUT2D eigenvalue weighted by atomic mass is 16.5. The van der Waals surface area contributed by atoms with Gasteiger partial charge in [-0.15, -0.1) is 0 Å². The van der Waals surface area contributed by atoms with Gasteiger partial charge in [0.1, 0.15) is 11.5 Å². The van der Waals surface area contributed by atoms with Crippen molar-refractivity contribution in [3.05, 3.63) is 54.6 Å². The minimum Gasteiger partial charge on any atom is -0.497 e. The molecule has 0 aliphatic heterocycles. The monoisotopic (exact) mass is 297 g/mol. The molecule has 0 unspecified atom stereocenters. The van der Waals surface area contributed by atoms with Gasteiger partial charge in [0.25, 0.3) is 5.91 Å². The zero-order chi connectivity index (χ0) is 15.5. The van der Waals surface area contributed by atoms with Crippen LogP contribution in [0.15, 0.2) is 53.2 Å². The van der Waals surface area contributed by atoms with Crippen LogP contribution in [0.25, 0.3) is 11.3 Å². The van der Waals surface area contributed by atoms with Gasteiger partial charge in [-0.05, 0) is 24.3 Å². The van der Waals surface area contributed by atoms with Gasteiger partial charge in [-0.2, -0.15) is 5.10 Å². The van der Waals surface area contributed by atoms with E-state index in [2.05, 4.69) is 10.4 Å². The molecular weight excluding hydrogens is 282 g/mol. The minimum atomic E-state index is -0.316. The van der Waals surface area contributed by atoms with Crippen LogP contribution in [0.4, 0.5) is 5.69 Å². The smallest absolute Gasteiger partial charge is 0.291 e. The fraction of sp³-hybridized carbons (Fsp3) is 0.125. The number of hydrogen-bond acceptors (Lipinski definition) is 4. The van der Waals surface area contributed by atoms with Crippen molar-refractivity contribution in [2.24, 2.45) is 7.05 Å². The summed E-state index contributed by atoms with van der Waals surface area (Å²) in [5.74, 6) is 1.20. The molecule has 6 heteroatoms. The van der Waals surface area contributed by atoms with Gasteiger partial charge in [0.05, 0.1) is 18.9 Å². The molecule has 0 spiro atoms. The molecule has 0 saturated carbocycles. The van der Waals surface area contributed by atoms with E-state index < -0.39 is 0 Å². The first-order valence-corrected chi connectivity index (χ1v) is 6.70. The molecule has 3 aromatic rings. The molecule has 112 valence electrons. The summed E-state index contributed by atoms with van der Waals surface area (Å²) in [6.07, 6.45) is 3.51. The summed E-state index contributed by atoms with van der Waals surface area (Å²) >= 11 is 0. The Morgan fingerprint density at radius 1 is 1.32 bits per heavy atom. The molecule has 0 bridgehead atoms. The number of nitrogens with one attached hydrogen (secondary N) is 1. The zero-order valence-electron chi connectivity index (χ0n) is 12.2. The molecule has 0 atom stereocenters. The molecule has 1 N–H and O–H groups in total. The molecule has 6 nitrogen and oxygen atoms in total. The van der Waals surface area contributed by atoms with Crippen LogP contribution in [-0.2, 0) is 7.05 Å². The standard InChI is InChI=1S/C16H15N3O3/c1-19-10-11(9-17-19)14-6-7-15(22-14)16(20)18-12-4-3-5-13(8-12)21-2/h3-10H,1-2H3,(H,18,20). The second kappa shape index (κ2) is 5.77. The third kappa shape index (κ3) is 2.85. The van der Waals surface area contributed by atoms with Crippen molar-refractivity contribution in [1.29, 1.82) is 0 Å². The predicted molar refractivity (Wildman–Crippen MR) is 81.9 cm³/mol. The van der Waals surface area contributed by atoms with E-state index in [1.807, 2.05) is 19.3 Å². The maximum atomic E-state index is 12.2. The number of carbonyl (C=O) groups excluding carboxylic acids is 1. The number of anilines is 1. The minimum absolute atomic E-state index is 0.238. The Balaban J connectivity index is 1.76. The lowest BCUT2D eigenvalue weighted by Gasteiger charge is -2.05. The molecule has 0 aliphatic carbocycles. The summed E-state index contributed by atoms with van der Waals surface area (Å²) in [6, 6.07) is 10.5. The average molecular weight is 297 g/mol. The van der Waals surface area contributed by atoms with Gasteiger partial charge in [0.15, 0.2) is 5.76 Å². The number of carbonyl (C=O) groups is 1. The fourth-order valence-electron chi connectivity index (χ4n) is 2.06. The topological polar surface area (TPSA) is 69.3 Å². The summed E-state index contributed by atoms with van der Waals surface area (Å²) in [6.45, 7) is 0. The number of amides is 1. The summed E-state index contributed by atoms with van der Waals surface area (Å²) < 4.78 is 12.4. The van der Waals surface area contributed by atoms with Crippen LogP contribution < -0.4 is 10.1 Å². The Morgan fingerprint density at radius 3 is 2.91 bits per heavy atom. The summed E-state index contributed by atoms with van der Waals surface area (Å²) in [5, 5.41) is 6.85. The van der Waals surface area contributed by atoms with E-state index in [4.69, 9.17) is 9.15 Å². The molecule has 0 radical (unpaired) electrons. The molecule has 0 aliphatic rings. The van der Waals surface area contributed by atoms with Gasteiger partial charge >= 0.3 is 0 Å². The van der Waals surface area contributed by atoms with Crippen LogP contribution in [0.2, 0.25) is 0 Å².